The molecule has 0 bridgehead atoms. The number of pyridine rings is 1. The molecule has 1 aliphatic rings. The van der Waals surface area contributed by atoms with Gasteiger partial charge in [-0.3, -0.25) is 9.88 Å². The molecule has 0 radical (unpaired) electrons. The lowest BCUT2D eigenvalue weighted by Crippen LogP contribution is -2.38. The van der Waals surface area contributed by atoms with Crippen molar-refractivity contribution in [3.8, 4) is 0 Å². The van der Waals surface area contributed by atoms with Gasteiger partial charge in [-0.15, -0.1) is 0 Å². The molecule has 1 saturated heterocycles. The predicted octanol–water partition coefficient (Wildman–Crippen LogP) is 2.06. The van der Waals surface area contributed by atoms with E-state index in [1.165, 1.54) is 5.56 Å². The first-order chi connectivity index (χ1) is 10.2. The van der Waals surface area contributed by atoms with Crippen LogP contribution in [0.2, 0.25) is 0 Å². The normalized spacial score (nSPS) is 19.6. The van der Waals surface area contributed by atoms with Crippen LogP contribution in [-0.4, -0.2) is 39.5 Å². The molecule has 1 fully saturated rings. The summed E-state index contributed by atoms with van der Waals surface area (Å²) in [6.07, 6.45) is 3.78. The fourth-order valence-corrected chi connectivity index (χ4v) is 2.53. The standard InChI is InChI=1S/C16H20N4O/c1-12-3-4-14(9-18-12)10-20-7-8-21-16(11-20)15-5-6-17-13(2)19-15/h3-6,9,16H,7-8,10-11H2,1-2H3/t16-/m1/s1. The highest BCUT2D eigenvalue weighted by atomic mass is 16.5. The Morgan fingerprint density at radius 1 is 1.24 bits per heavy atom. The number of hydrogen-bond donors (Lipinski definition) is 0. The number of hydrogen-bond acceptors (Lipinski definition) is 5. The molecule has 0 saturated carbocycles. The second-order valence-corrected chi connectivity index (χ2v) is 5.43. The van der Waals surface area contributed by atoms with Crippen LogP contribution in [0, 0.1) is 13.8 Å². The molecule has 3 heterocycles. The lowest BCUT2D eigenvalue weighted by atomic mass is 10.1. The summed E-state index contributed by atoms with van der Waals surface area (Å²) in [5, 5.41) is 0. The molecule has 5 nitrogen and oxygen atoms in total. The Bertz CT molecular complexity index is 599. The van der Waals surface area contributed by atoms with Gasteiger partial charge in [-0.25, -0.2) is 9.97 Å². The molecule has 1 aliphatic heterocycles. The fraction of sp³-hybridized carbons (Fsp3) is 0.438. The van der Waals surface area contributed by atoms with Gasteiger partial charge in [0.1, 0.15) is 11.9 Å². The summed E-state index contributed by atoms with van der Waals surface area (Å²) >= 11 is 0. The summed E-state index contributed by atoms with van der Waals surface area (Å²) in [4.78, 5) is 15.4. The van der Waals surface area contributed by atoms with Gasteiger partial charge in [-0.05, 0) is 31.5 Å². The topological polar surface area (TPSA) is 51.1 Å². The van der Waals surface area contributed by atoms with E-state index in [0.29, 0.717) is 0 Å². The van der Waals surface area contributed by atoms with Crippen molar-refractivity contribution in [2.45, 2.75) is 26.5 Å². The lowest BCUT2D eigenvalue weighted by Gasteiger charge is -2.32. The zero-order valence-electron chi connectivity index (χ0n) is 12.5. The quantitative estimate of drug-likeness (QED) is 0.863. The molecule has 5 heteroatoms. The zero-order valence-corrected chi connectivity index (χ0v) is 12.5. The average Bonchev–Trinajstić information content (AvgIpc) is 2.50. The van der Waals surface area contributed by atoms with Gasteiger partial charge in [0.05, 0.1) is 12.3 Å². The second kappa shape index (κ2) is 6.28. The van der Waals surface area contributed by atoms with Crippen molar-refractivity contribution < 1.29 is 4.74 Å². The van der Waals surface area contributed by atoms with Crippen molar-refractivity contribution in [1.29, 1.82) is 0 Å². The van der Waals surface area contributed by atoms with Gasteiger partial charge in [0, 0.05) is 37.7 Å². The van der Waals surface area contributed by atoms with E-state index >= 15 is 0 Å². The van der Waals surface area contributed by atoms with E-state index < -0.39 is 0 Å². The number of morpholine rings is 1. The Morgan fingerprint density at radius 2 is 2.14 bits per heavy atom. The van der Waals surface area contributed by atoms with Crippen LogP contribution in [-0.2, 0) is 11.3 Å². The number of aryl methyl sites for hydroxylation is 2. The minimum atomic E-state index is 0.0267. The Balaban J connectivity index is 1.67. The van der Waals surface area contributed by atoms with Gasteiger partial charge >= 0.3 is 0 Å². The van der Waals surface area contributed by atoms with Crippen LogP contribution in [0.25, 0.3) is 0 Å². The van der Waals surface area contributed by atoms with Crippen LogP contribution in [0.5, 0.6) is 0 Å². The first-order valence-corrected chi connectivity index (χ1v) is 7.26. The number of nitrogens with zero attached hydrogens (tertiary/aromatic N) is 4. The highest BCUT2D eigenvalue weighted by Gasteiger charge is 2.23. The molecule has 1 atom stereocenters. The summed E-state index contributed by atoms with van der Waals surface area (Å²) < 4.78 is 5.86. The third-order valence-corrected chi connectivity index (χ3v) is 3.66. The van der Waals surface area contributed by atoms with Gasteiger partial charge in [0.2, 0.25) is 0 Å². The second-order valence-electron chi connectivity index (χ2n) is 5.43. The minimum Gasteiger partial charge on any atom is -0.369 e. The van der Waals surface area contributed by atoms with E-state index in [2.05, 4.69) is 32.0 Å². The summed E-state index contributed by atoms with van der Waals surface area (Å²) in [6.45, 7) is 7.33. The molecule has 0 N–H and O–H groups in total. The Morgan fingerprint density at radius 3 is 2.90 bits per heavy atom. The first-order valence-electron chi connectivity index (χ1n) is 7.26. The van der Waals surface area contributed by atoms with E-state index in [9.17, 15) is 0 Å². The van der Waals surface area contributed by atoms with Gasteiger partial charge in [-0.1, -0.05) is 6.07 Å². The van der Waals surface area contributed by atoms with E-state index in [-0.39, 0.29) is 6.10 Å². The highest BCUT2D eigenvalue weighted by Crippen LogP contribution is 2.21. The van der Waals surface area contributed by atoms with Gasteiger partial charge in [-0.2, -0.15) is 0 Å². The van der Waals surface area contributed by atoms with Gasteiger partial charge in [0.25, 0.3) is 0 Å². The smallest absolute Gasteiger partial charge is 0.125 e. The van der Waals surface area contributed by atoms with Crippen molar-refractivity contribution >= 4 is 0 Å². The minimum absolute atomic E-state index is 0.0267. The van der Waals surface area contributed by atoms with Crippen molar-refractivity contribution in [3.63, 3.8) is 0 Å². The maximum atomic E-state index is 5.86. The van der Waals surface area contributed by atoms with Crippen LogP contribution >= 0.6 is 0 Å². The molecule has 0 aromatic carbocycles. The Kier molecular flexibility index (Phi) is 4.22. The number of rotatable bonds is 3. The van der Waals surface area contributed by atoms with Crippen molar-refractivity contribution in [3.05, 3.63) is 53.4 Å². The van der Waals surface area contributed by atoms with Crippen molar-refractivity contribution in [1.82, 2.24) is 19.9 Å². The van der Waals surface area contributed by atoms with Crippen LogP contribution in [0.15, 0.2) is 30.6 Å². The summed E-state index contributed by atoms with van der Waals surface area (Å²) in [5.41, 5.74) is 3.25. The molecular formula is C16H20N4O. The molecule has 0 unspecified atom stereocenters. The Hall–Kier alpha value is -1.85. The SMILES string of the molecule is Cc1ccc(CN2CCO[C@@H](c3ccnc(C)n3)C2)cn1. The molecule has 3 rings (SSSR count). The molecule has 0 aliphatic carbocycles. The zero-order chi connectivity index (χ0) is 14.7. The van der Waals surface area contributed by atoms with E-state index in [1.807, 2.05) is 26.1 Å². The summed E-state index contributed by atoms with van der Waals surface area (Å²) in [7, 11) is 0. The van der Waals surface area contributed by atoms with Gasteiger partial charge in [0.15, 0.2) is 0 Å². The lowest BCUT2D eigenvalue weighted by molar-refractivity contribution is -0.0351. The van der Waals surface area contributed by atoms with Gasteiger partial charge < -0.3 is 4.74 Å². The molecule has 110 valence electrons. The van der Waals surface area contributed by atoms with Crippen molar-refractivity contribution in [2.75, 3.05) is 19.7 Å². The third-order valence-electron chi connectivity index (χ3n) is 3.66. The van der Waals surface area contributed by atoms with Crippen LogP contribution < -0.4 is 0 Å². The number of aromatic nitrogens is 3. The van der Waals surface area contributed by atoms with Crippen molar-refractivity contribution in [2.24, 2.45) is 0 Å². The highest BCUT2D eigenvalue weighted by molar-refractivity contribution is 5.13. The molecule has 2 aromatic heterocycles. The Labute approximate surface area is 125 Å². The fourth-order valence-electron chi connectivity index (χ4n) is 2.53. The molecule has 0 spiro atoms. The van der Waals surface area contributed by atoms with Crippen LogP contribution in [0.3, 0.4) is 0 Å². The summed E-state index contributed by atoms with van der Waals surface area (Å²) in [5.74, 6) is 0.788. The van der Waals surface area contributed by atoms with E-state index in [4.69, 9.17) is 4.74 Å². The molecule has 0 amide bonds. The third kappa shape index (κ3) is 3.62. The predicted molar refractivity (Wildman–Crippen MR) is 79.7 cm³/mol. The van der Waals surface area contributed by atoms with Crippen LogP contribution in [0.1, 0.15) is 28.9 Å². The first kappa shape index (κ1) is 14.1. The monoisotopic (exact) mass is 284 g/mol. The van der Waals surface area contributed by atoms with E-state index in [1.54, 1.807) is 6.20 Å². The van der Waals surface area contributed by atoms with Crippen LogP contribution in [0.4, 0.5) is 0 Å². The molecule has 21 heavy (non-hydrogen) atoms. The average molecular weight is 284 g/mol. The molecule has 2 aromatic rings. The van der Waals surface area contributed by atoms with E-state index in [0.717, 1.165) is 43.5 Å². The maximum Gasteiger partial charge on any atom is 0.125 e. The maximum absolute atomic E-state index is 5.86. The molecular weight excluding hydrogens is 264 g/mol. The largest absolute Gasteiger partial charge is 0.369 e. The summed E-state index contributed by atoms with van der Waals surface area (Å²) in [6, 6.07) is 6.14. The number of ether oxygens (including phenoxy) is 1.